The van der Waals surface area contributed by atoms with Crippen LogP contribution in [0.1, 0.15) is 89.0 Å². The van der Waals surface area contributed by atoms with E-state index in [-0.39, 0.29) is 22.2 Å². The molecule has 2 unspecified atom stereocenters. The number of nitrogens with zero attached hydrogens (tertiary/aromatic N) is 4. The van der Waals surface area contributed by atoms with Crippen molar-refractivity contribution in [3.05, 3.63) is 0 Å². The highest BCUT2D eigenvalue weighted by Crippen LogP contribution is 2.37. The van der Waals surface area contributed by atoms with Crippen molar-refractivity contribution in [3.63, 3.8) is 0 Å². The number of piperazine rings is 4. The van der Waals surface area contributed by atoms with Gasteiger partial charge in [0.05, 0.1) is 0 Å². The molecule has 0 spiro atoms. The number of hydrogen-bond acceptors (Lipinski definition) is 8. The fraction of sp³-hybridized carbons (Fsp3) is 1.00. The molecule has 0 radical (unpaired) electrons. The normalized spacial score (nSPS) is 33.3. The third-order valence-electron chi connectivity index (χ3n) is 11.4. The predicted octanol–water partition coefficient (Wildman–Crippen LogP) is 2.40. The molecule has 240 valence electrons. The topological polar surface area (TPSA) is 61.1 Å². The molecule has 0 saturated carbocycles. The van der Waals surface area contributed by atoms with Gasteiger partial charge < -0.3 is 21.3 Å². The van der Waals surface area contributed by atoms with Gasteiger partial charge in [0, 0.05) is 124 Å². The zero-order valence-corrected chi connectivity index (χ0v) is 28.9. The van der Waals surface area contributed by atoms with Gasteiger partial charge in [-0.05, 0) is 89.0 Å². The fourth-order valence-corrected chi connectivity index (χ4v) is 8.25. The third-order valence-corrected chi connectivity index (χ3v) is 11.4. The van der Waals surface area contributed by atoms with Crippen LogP contribution in [-0.2, 0) is 0 Å². The lowest BCUT2D eigenvalue weighted by Crippen LogP contribution is -2.72. The van der Waals surface area contributed by atoms with Crippen molar-refractivity contribution in [1.29, 1.82) is 0 Å². The first-order chi connectivity index (χ1) is 19.0. The second kappa shape index (κ2) is 13.0. The number of nitrogens with one attached hydrogen (secondary N) is 4. The monoisotopic (exact) mass is 577 g/mol. The summed E-state index contributed by atoms with van der Waals surface area (Å²) in [5, 5.41) is 15.3. The van der Waals surface area contributed by atoms with E-state index in [1.807, 2.05) is 0 Å². The molecule has 0 aromatic rings. The summed E-state index contributed by atoms with van der Waals surface area (Å²) in [5.41, 5.74) is 0.564. The summed E-state index contributed by atoms with van der Waals surface area (Å²) in [6, 6.07) is 2.69. The molecule has 4 rings (SSSR count). The quantitative estimate of drug-likeness (QED) is 0.369. The smallest absolute Gasteiger partial charge is 0.0335 e. The van der Waals surface area contributed by atoms with E-state index in [0.29, 0.717) is 30.2 Å². The second-order valence-electron chi connectivity index (χ2n) is 16.8. The Hall–Kier alpha value is -0.320. The Kier molecular flexibility index (Phi) is 10.6. The maximum absolute atomic E-state index is 4.06. The van der Waals surface area contributed by atoms with Crippen molar-refractivity contribution in [1.82, 2.24) is 40.9 Å². The molecule has 8 nitrogen and oxygen atoms in total. The molecular formula is C33H68N8. The van der Waals surface area contributed by atoms with Crippen LogP contribution in [0.25, 0.3) is 0 Å². The van der Waals surface area contributed by atoms with E-state index < -0.39 is 0 Å². The van der Waals surface area contributed by atoms with E-state index in [1.54, 1.807) is 0 Å². The Balaban J connectivity index is 1.44. The molecular weight excluding hydrogens is 508 g/mol. The first kappa shape index (κ1) is 33.6. The Morgan fingerprint density at radius 2 is 1.22 bits per heavy atom. The van der Waals surface area contributed by atoms with Gasteiger partial charge in [-0.3, -0.25) is 19.6 Å². The van der Waals surface area contributed by atoms with E-state index in [9.17, 15) is 0 Å². The Bertz CT molecular complexity index is 824. The highest BCUT2D eigenvalue weighted by Gasteiger charge is 2.49. The molecule has 0 aliphatic carbocycles. The third kappa shape index (κ3) is 7.86. The summed E-state index contributed by atoms with van der Waals surface area (Å²) in [6.07, 6.45) is 2.40. The molecule has 41 heavy (non-hydrogen) atoms. The van der Waals surface area contributed by atoms with Crippen molar-refractivity contribution in [2.45, 2.75) is 141 Å². The van der Waals surface area contributed by atoms with E-state index in [0.717, 1.165) is 72.0 Å². The molecule has 0 bridgehead atoms. The van der Waals surface area contributed by atoms with E-state index in [2.05, 4.69) is 117 Å². The lowest BCUT2D eigenvalue weighted by atomic mass is 9.77. The van der Waals surface area contributed by atoms with Crippen LogP contribution in [0.2, 0.25) is 0 Å². The van der Waals surface area contributed by atoms with Gasteiger partial charge >= 0.3 is 0 Å². The van der Waals surface area contributed by atoms with Crippen LogP contribution in [0.3, 0.4) is 0 Å². The van der Waals surface area contributed by atoms with Crippen molar-refractivity contribution >= 4 is 0 Å². The van der Waals surface area contributed by atoms with Gasteiger partial charge in [0.25, 0.3) is 0 Å². The van der Waals surface area contributed by atoms with Crippen molar-refractivity contribution in [3.8, 4) is 0 Å². The average Bonchev–Trinajstić information content (AvgIpc) is 2.89. The summed E-state index contributed by atoms with van der Waals surface area (Å²) in [5.74, 6) is 0. The summed E-state index contributed by atoms with van der Waals surface area (Å²) in [7, 11) is 0. The lowest BCUT2D eigenvalue weighted by Gasteiger charge is -2.59. The van der Waals surface area contributed by atoms with Crippen LogP contribution in [0.4, 0.5) is 0 Å². The summed E-state index contributed by atoms with van der Waals surface area (Å²) in [4.78, 5) is 11.1. The number of rotatable bonds is 7. The minimum Gasteiger partial charge on any atom is -0.314 e. The standard InChI is InChI=1S/C33H68N8/c1-25-22-39(30(2,3)4)23-27(37-25)18-26-24-41(31(5,6)7)29(21-36-26)19-28-20-35-14-17-40(28)33(10,11)32(8,9)38-15-12-34-13-16-38/h25-29,34-37H,12-24H2,1-11H3/t25-,26+,27?,28+,29?/m1/s1. The summed E-state index contributed by atoms with van der Waals surface area (Å²) < 4.78 is 0. The molecule has 0 amide bonds. The van der Waals surface area contributed by atoms with Crippen LogP contribution in [0, 0.1) is 0 Å². The van der Waals surface area contributed by atoms with Crippen LogP contribution >= 0.6 is 0 Å². The predicted molar refractivity (Wildman–Crippen MR) is 175 cm³/mol. The van der Waals surface area contributed by atoms with Crippen molar-refractivity contribution < 1.29 is 0 Å². The average molecular weight is 577 g/mol. The number of hydrogen-bond donors (Lipinski definition) is 4. The Morgan fingerprint density at radius 3 is 1.85 bits per heavy atom. The molecule has 8 heteroatoms. The minimum atomic E-state index is 0.0799. The van der Waals surface area contributed by atoms with Crippen LogP contribution in [-0.4, -0.2) is 144 Å². The molecule has 4 aliphatic rings. The van der Waals surface area contributed by atoms with Gasteiger partial charge in [-0.1, -0.05) is 0 Å². The first-order valence-electron chi connectivity index (χ1n) is 16.9. The Labute approximate surface area is 254 Å². The van der Waals surface area contributed by atoms with Crippen LogP contribution in [0.15, 0.2) is 0 Å². The van der Waals surface area contributed by atoms with Gasteiger partial charge in [-0.15, -0.1) is 0 Å². The SMILES string of the molecule is C[C@@H]1CN(C(C)(C)C)CC(C[C@H]2CN(C(C)(C)C)C(C[C@H]3CNCCN3C(C)(C)C(C)(C)N3CCNCC3)CN2)N1. The van der Waals surface area contributed by atoms with Gasteiger partial charge in [-0.25, -0.2) is 0 Å². The maximum Gasteiger partial charge on any atom is 0.0335 e. The summed E-state index contributed by atoms with van der Waals surface area (Å²) in [6.45, 7) is 39.0. The zero-order valence-electron chi connectivity index (χ0n) is 28.9. The molecule has 4 heterocycles. The van der Waals surface area contributed by atoms with Gasteiger partial charge in [0.15, 0.2) is 0 Å². The second-order valence-corrected chi connectivity index (χ2v) is 16.8. The van der Waals surface area contributed by atoms with E-state index in [1.165, 1.54) is 12.8 Å². The molecule has 4 N–H and O–H groups in total. The Morgan fingerprint density at radius 1 is 0.585 bits per heavy atom. The molecule has 4 saturated heterocycles. The molecule has 0 aromatic carbocycles. The highest BCUT2D eigenvalue weighted by molar-refractivity contribution is 5.07. The van der Waals surface area contributed by atoms with E-state index in [4.69, 9.17) is 0 Å². The minimum absolute atomic E-state index is 0.0799. The maximum atomic E-state index is 4.06. The lowest BCUT2D eigenvalue weighted by molar-refractivity contribution is -0.0767. The van der Waals surface area contributed by atoms with Crippen molar-refractivity contribution in [2.75, 3.05) is 72.0 Å². The first-order valence-corrected chi connectivity index (χ1v) is 16.9. The summed E-state index contributed by atoms with van der Waals surface area (Å²) >= 11 is 0. The van der Waals surface area contributed by atoms with Gasteiger partial charge in [0.2, 0.25) is 0 Å². The van der Waals surface area contributed by atoms with Gasteiger partial charge in [0.1, 0.15) is 0 Å². The van der Waals surface area contributed by atoms with Crippen LogP contribution < -0.4 is 21.3 Å². The van der Waals surface area contributed by atoms with Crippen LogP contribution in [0.5, 0.6) is 0 Å². The van der Waals surface area contributed by atoms with Gasteiger partial charge in [-0.2, -0.15) is 0 Å². The molecule has 0 aromatic heterocycles. The molecule has 4 fully saturated rings. The molecule has 5 atom stereocenters. The van der Waals surface area contributed by atoms with Crippen molar-refractivity contribution in [2.24, 2.45) is 0 Å². The fourth-order valence-electron chi connectivity index (χ4n) is 8.25. The molecule has 4 aliphatic heterocycles. The highest BCUT2D eigenvalue weighted by atomic mass is 15.4. The zero-order chi connectivity index (χ0) is 30.2. The largest absolute Gasteiger partial charge is 0.314 e. The van der Waals surface area contributed by atoms with E-state index >= 15 is 0 Å².